The topological polar surface area (TPSA) is 90.0 Å². The van der Waals surface area contributed by atoms with Gasteiger partial charge in [0, 0.05) is 56.3 Å². The van der Waals surface area contributed by atoms with Crippen LogP contribution < -0.4 is 4.72 Å². The van der Waals surface area contributed by atoms with Gasteiger partial charge in [-0.2, -0.15) is 0 Å². The zero-order valence-corrected chi connectivity index (χ0v) is 20.2. The van der Waals surface area contributed by atoms with Crippen LogP contribution in [-0.2, 0) is 21.4 Å². The number of hydrogen-bond acceptors (Lipinski definition) is 6. The van der Waals surface area contributed by atoms with Crippen LogP contribution in [0.1, 0.15) is 34.5 Å². The lowest BCUT2D eigenvalue weighted by Crippen LogP contribution is -2.52. The molecular weight excluding hydrogens is 460 g/mol. The highest BCUT2D eigenvalue weighted by Crippen LogP contribution is 2.17. The van der Waals surface area contributed by atoms with E-state index >= 15 is 0 Å². The Bertz CT molecular complexity index is 1060. The van der Waals surface area contributed by atoms with Gasteiger partial charge in [0.05, 0.1) is 11.4 Å². The number of nitrogens with one attached hydrogen (secondary N) is 1. The van der Waals surface area contributed by atoms with E-state index in [2.05, 4.69) is 9.62 Å². The second kappa shape index (κ2) is 10.8. The van der Waals surface area contributed by atoms with E-state index in [1.54, 1.807) is 17.0 Å². The number of amides is 2. The van der Waals surface area contributed by atoms with Crippen LogP contribution in [0.2, 0.25) is 0 Å². The van der Waals surface area contributed by atoms with Crippen molar-refractivity contribution >= 4 is 33.2 Å². The minimum atomic E-state index is -3.72. The molecule has 0 aliphatic carbocycles. The highest BCUT2D eigenvalue weighted by atomic mass is 32.2. The van der Waals surface area contributed by atoms with E-state index in [-0.39, 0.29) is 23.3 Å². The Morgan fingerprint density at radius 1 is 0.909 bits per heavy atom. The van der Waals surface area contributed by atoms with Crippen molar-refractivity contribution in [3.8, 4) is 0 Å². The number of likely N-dealkylation sites (tertiary alicyclic amines) is 1. The minimum absolute atomic E-state index is 0.0793. The fourth-order valence-corrected chi connectivity index (χ4v) is 5.97. The third-order valence-electron chi connectivity index (χ3n) is 6.13. The molecule has 0 saturated carbocycles. The van der Waals surface area contributed by atoms with Crippen molar-refractivity contribution in [3.63, 3.8) is 0 Å². The van der Waals surface area contributed by atoms with Crippen LogP contribution in [0.25, 0.3) is 0 Å². The second-order valence-electron chi connectivity index (χ2n) is 8.44. The highest BCUT2D eigenvalue weighted by Gasteiger charge is 2.26. The Hall–Kier alpha value is -2.27. The summed E-state index contributed by atoms with van der Waals surface area (Å²) in [7, 11) is -3.72. The van der Waals surface area contributed by atoms with E-state index in [4.69, 9.17) is 0 Å². The number of carbonyl (C=O) groups is 2. The van der Waals surface area contributed by atoms with Gasteiger partial charge in [0.2, 0.25) is 15.9 Å². The van der Waals surface area contributed by atoms with Gasteiger partial charge in [-0.05, 0) is 48.9 Å². The van der Waals surface area contributed by atoms with Crippen LogP contribution in [-0.4, -0.2) is 80.7 Å². The molecule has 2 amide bonds. The van der Waals surface area contributed by atoms with Gasteiger partial charge in [-0.25, -0.2) is 13.1 Å². The van der Waals surface area contributed by atoms with Gasteiger partial charge < -0.3 is 9.80 Å². The molecule has 33 heavy (non-hydrogen) atoms. The lowest BCUT2D eigenvalue weighted by molar-refractivity contribution is -0.133. The summed E-state index contributed by atoms with van der Waals surface area (Å²) in [5, 5.41) is 1.90. The molecule has 2 saturated heterocycles. The molecule has 2 aliphatic heterocycles. The van der Waals surface area contributed by atoms with E-state index in [1.807, 2.05) is 22.4 Å². The van der Waals surface area contributed by atoms with Crippen LogP contribution in [0.4, 0.5) is 0 Å². The Balaban J connectivity index is 1.32. The molecule has 2 fully saturated rings. The molecular formula is C23H30N4O4S2. The van der Waals surface area contributed by atoms with Crippen molar-refractivity contribution in [2.24, 2.45) is 0 Å². The molecule has 178 valence electrons. The number of hydrogen-bond donors (Lipinski definition) is 1. The second-order valence-corrected chi connectivity index (χ2v) is 11.2. The third kappa shape index (κ3) is 6.20. The maximum absolute atomic E-state index is 13.0. The molecule has 1 aromatic carbocycles. The molecule has 8 nitrogen and oxygen atoms in total. The standard InChI is InChI=1S/C23H30N4O4S2/c28-22(26-9-2-1-3-10-26)18-25-11-13-27(14-12-25)23(29)19-6-4-8-21(16-19)33(30,31)24-17-20-7-5-15-32-20/h4-8,15-16,24H,1-3,9-14,17-18H2. The average molecular weight is 491 g/mol. The Kier molecular flexibility index (Phi) is 7.79. The smallest absolute Gasteiger partial charge is 0.253 e. The molecule has 0 radical (unpaired) electrons. The molecule has 0 unspecified atom stereocenters. The SMILES string of the molecule is O=C(CN1CCN(C(=O)c2cccc(S(=O)(=O)NCc3cccs3)c2)CC1)N1CCCCC1. The number of nitrogens with zero attached hydrogens (tertiary/aromatic N) is 3. The molecule has 0 atom stereocenters. The lowest BCUT2D eigenvalue weighted by atomic mass is 10.1. The molecule has 3 heterocycles. The molecule has 1 aromatic heterocycles. The summed E-state index contributed by atoms with van der Waals surface area (Å²) in [5.41, 5.74) is 0.354. The largest absolute Gasteiger partial charge is 0.342 e. The maximum Gasteiger partial charge on any atom is 0.253 e. The van der Waals surface area contributed by atoms with Crippen molar-refractivity contribution in [1.82, 2.24) is 19.4 Å². The van der Waals surface area contributed by atoms with E-state index in [0.717, 1.165) is 30.8 Å². The number of rotatable bonds is 7. The molecule has 0 bridgehead atoms. The number of carbonyl (C=O) groups excluding carboxylic acids is 2. The van der Waals surface area contributed by atoms with Crippen molar-refractivity contribution in [3.05, 3.63) is 52.2 Å². The van der Waals surface area contributed by atoms with Gasteiger partial charge >= 0.3 is 0 Å². The summed E-state index contributed by atoms with van der Waals surface area (Å²) in [6, 6.07) is 9.92. The van der Waals surface area contributed by atoms with Gasteiger partial charge in [0.1, 0.15) is 0 Å². The maximum atomic E-state index is 13.0. The molecule has 4 rings (SSSR count). The van der Waals surface area contributed by atoms with E-state index in [1.165, 1.54) is 29.9 Å². The molecule has 10 heteroatoms. The fourth-order valence-electron chi connectivity index (χ4n) is 4.19. The van der Waals surface area contributed by atoms with Crippen LogP contribution >= 0.6 is 11.3 Å². The fraction of sp³-hybridized carbons (Fsp3) is 0.478. The van der Waals surface area contributed by atoms with Gasteiger partial charge in [0.15, 0.2) is 0 Å². The third-order valence-corrected chi connectivity index (χ3v) is 8.41. The summed E-state index contributed by atoms with van der Waals surface area (Å²) >= 11 is 1.48. The zero-order chi connectivity index (χ0) is 23.3. The van der Waals surface area contributed by atoms with Gasteiger partial charge in [-0.1, -0.05) is 12.1 Å². The predicted octanol–water partition coefficient (Wildman–Crippen LogP) is 2.00. The predicted molar refractivity (Wildman–Crippen MR) is 128 cm³/mol. The van der Waals surface area contributed by atoms with Crippen LogP contribution in [0.15, 0.2) is 46.7 Å². The molecule has 0 spiro atoms. The Labute approximate surface area is 199 Å². The normalized spacial score (nSPS) is 17.8. The first-order valence-electron chi connectivity index (χ1n) is 11.3. The highest BCUT2D eigenvalue weighted by molar-refractivity contribution is 7.89. The Morgan fingerprint density at radius 3 is 2.36 bits per heavy atom. The van der Waals surface area contributed by atoms with Gasteiger partial charge in [0.25, 0.3) is 5.91 Å². The van der Waals surface area contributed by atoms with Crippen LogP contribution in [0, 0.1) is 0 Å². The number of piperazine rings is 1. The summed E-state index contributed by atoms with van der Waals surface area (Å²) < 4.78 is 28.0. The summed E-state index contributed by atoms with van der Waals surface area (Å²) in [4.78, 5) is 32.3. The zero-order valence-electron chi connectivity index (χ0n) is 18.6. The van der Waals surface area contributed by atoms with Gasteiger partial charge in [-0.15, -0.1) is 11.3 Å². The minimum Gasteiger partial charge on any atom is -0.342 e. The van der Waals surface area contributed by atoms with Crippen molar-refractivity contribution in [2.45, 2.75) is 30.7 Å². The number of piperidine rings is 1. The van der Waals surface area contributed by atoms with Crippen molar-refractivity contribution < 1.29 is 18.0 Å². The van der Waals surface area contributed by atoms with E-state index < -0.39 is 10.0 Å². The quantitative estimate of drug-likeness (QED) is 0.641. The Morgan fingerprint density at radius 2 is 1.67 bits per heavy atom. The van der Waals surface area contributed by atoms with Crippen LogP contribution in [0.3, 0.4) is 0 Å². The molecule has 2 aliphatic rings. The van der Waals surface area contributed by atoms with E-state index in [0.29, 0.717) is 38.3 Å². The summed E-state index contributed by atoms with van der Waals surface area (Å²) in [6.07, 6.45) is 3.34. The monoisotopic (exact) mass is 490 g/mol. The van der Waals surface area contributed by atoms with Gasteiger partial charge in [-0.3, -0.25) is 14.5 Å². The first-order valence-corrected chi connectivity index (χ1v) is 13.7. The van der Waals surface area contributed by atoms with E-state index in [9.17, 15) is 18.0 Å². The lowest BCUT2D eigenvalue weighted by Gasteiger charge is -2.36. The van der Waals surface area contributed by atoms with Crippen molar-refractivity contribution in [2.75, 3.05) is 45.8 Å². The van der Waals surface area contributed by atoms with Crippen molar-refractivity contribution in [1.29, 1.82) is 0 Å². The van der Waals surface area contributed by atoms with Crippen LogP contribution in [0.5, 0.6) is 0 Å². The number of benzene rings is 1. The summed E-state index contributed by atoms with van der Waals surface area (Å²) in [5.74, 6) is -0.0188. The number of sulfonamides is 1. The first kappa shape index (κ1) is 23.9. The number of thiophene rings is 1. The molecule has 2 aromatic rings. The first-order chi connectivity index (χ1) is 15.9. The summed E-state index contributed by atoms with van der Waals surface area (Å²) in [6.45, 7) is 4.59. The molecule has 1 N–H and O–H groups in total. The average Bonchev–Trinajstić information content (AvgIpc) is 3.37.